The number of nitrogens with two attached hydrogens (primary N) is 1. The molecule has 7 heteroatoms. The molecule has 0 spiro atoms. The quantitative estimate of drug-likeness (QED) is 0.626. The largest absolute Gasteiger partial charge is 0.358 e. The highest BCUT2D eigenvalue weighted by Gasteiger charge is 2.32. The molecule has 1 saturated heterocycles. The van der Waals surface area contributed by atoms with Gasteiger partial charge in [-0.3, -0.25) is 4.79 Å². The normalized spacial score (nSPS) is 19.2. The Hall–Kier alpha value is -1.89. The Balaban J connectivity index is 2.26. The first-order valence-corrected chi connectivity index (χ1v) is 5.87. The Kier molecular flexibility index (Phi) is 3.33. The Morgan fingerprint density at radius 2 is 2.33 bits per heavy atom. The summed E-state index contributed by atoms with van der Waals surface area (Å²) >= 11 is 0. The van der Waals surface area contributed by atoms with Gasteiger partial charge in [0, 0.05) is 25.2 Å². The van der Waals surface area contributed by atoms with Gasteiger partial charge in [-0.15, -0.1) is 0 Å². The summed E-state index contributed by atoms with van der Waals surface area (Å²) in [7, 11) is 1.53. The standard InChI is InChI=1S/C11H16N4O3/c1-13-9(4-5-10(13)15(17)18)11(16)14-6-2-3-8(14)7-12/h4-5,8H,2-3,6-7,12H2,1H3. The maximum absolute atomic E-state index is 12.3. The van der Waals surface area contributed by atoms with Crippen LogP contribution in [0.15, 0.2) is 12.1 Å². The number of nitro groups is 1. The van der Waals surface area contributed by atoms with E-state index in [0.29, 0.717) is 18.8 Å². The highest BCUT2D eigenvalue weighted by Crippen LogP contribution is 2.22. The molecule has 0 bridgehead atoms. The molecule has 1 aromatic heterocycles. The SMILES string of the molecule is Cn1c(C(=O)N2CCCC2CN)ccc1[N+](=O)[O-]. The first-order chi connectivity index (χ1) is 8.56. The molecule has 18 heavy (non-hydrogen) atoms. The smallest absolute Gasteiger partial charge is 0.323 e. The van der Waals surface area contributed by atoms with Crippen molar-refractivity contribution in [1.82, 2.24) is 9.47 Å². The average Bonchev–Trinajstić information content (AvgIpc) is 2.93. The maximum Gasteiger partial charge on any atom is 0.323 e. The fourth-order valence-corrected chi connectivity index (χ4v) is 2.39. The van der Waals surface area contributed by atoms with Gasteiger partial charge in [-0.05, 0) is 23.8 Å². The number of amides is 1. The van der Waals surface area contributed by atoms with E-state index in [1.165, 1.54) is 23.7 Å². The molecule has 7 nitrogen and oxygen atoms in total. The van der Waals surface area contributed by atoms with Crippen molar-refractivity contribution in [3.8, 4) is 0 Å². The molecule has 2 heterocycles. The third-order valence-electron chi connectivity index (χ3n) is 3.41. The first kappa shape index (κ1) is 12.6. The van der Waals surface area contributed by atoms with E-state index in [1.807, 2.05) is 0 Å². The number of hydrogen-bond donors (Lipinski definition) is 1. The summed E-state index contributed by atoms with van der Waals surface area (Å²) < 4.78 is 1.31. The van der Waals surface area contributed by atoms with Gasteiger partial charge >= 0.3 is 5.82 Å². The number of nitrogens with zero attached hydrogens (tertiary/aromatic N) is 3. The Morgan fingerprint density at radius 3 is 2.89 bits per heavy atom. The lowest BCUT2D eigenvalue weighted by molar-refractivity contribution is -0.391. The van der Waals surface area contributed by atoms with Crippen molar-refractivity contribution < 1.29 is 9.72 Å². The van der Waals surface area contributed by atoms with E-state index in [1.54, 1.807) is 4.90 Å². The van der Waals surface area contributed by atoms with Crippen LogP contribution in [0.3, 0.4) is 0 Å². The topological polar surface area (TPSA) is 94.4 Å². The van der Waals surface area contributed by atoms with Crippen LogP contribution in [0, 0.1) is 10.1 Å². The van der Waals surface area contributed by atoms with Crippen molar-refractivity contribution in [2.75, 3.05) is 13.1 Å². The second kappa shape index (κ2) is 4.77. The molecule has 0 aliphatic carbocycles. The van der Waals surface area contributed by atoms with Crippen molar-refractivity contribution in [1.29, 1.82) is 0 Å². The van der Waals surface area contributed by atoms with Crippen LogP contribution in [-0.4, -0.2) is 39.4 Å². The molecular formula is C11H16N4O3. The predicted molar refractivity (Wildman–Crippen MR) is 65.2 cm³/mol. The van der Waals surface area contributed by atoms with E-state index in [4.69, 9.17) is 5.73 Å². The van der Waals surface area contributed by atoms with Gasteiger partial charge in [0.1, 0.15) is 0 Å². The molecule has 2 rings (SSSR count). The molecule has 1 aromatic rings. The van der Waals surface area contributed by atoms with E-state index >= 15 is 0 Å². The lowest BCUT2D eigenvalue weighted by Gasteiger charge is -2.22. The number of carbonyl (C=O) groups excluding carboxylic acids is 1. The lowest BCUT2D eigenvalue weighted by atomic mass is 10.2. The summed E-state index contributed by atoms with van der Waals surface area (Å²) in [4.78, 5) is 24.2. The van der Waals surface area contributed by atoms with E-state index in [0.717, 1.165) is 12.8 Å². The number of aromatic nitrogens is 1. The van der Waals surface area contributed by atoms with Gasteiger partial charge in [0.05, 0.1) is 7.05 Å². The van der Waals surface area contributed by atoms with Gasteiger partial charge < -0.3 is 20.7 Å². The molecule has 1 fully saturated rings. The fourth-order valence-electron chi connectivity index (χ4n) is 2.39. The third kappa shape index (κ3) is 1.97. The van der Waals surface area contributed by atoms with Gasteiger partial charge in [-0.2, -0.15) is 0 Å². The molecule has 1 amide bonds. The van der Waals surface area contributed by atoms with Crippen molar-refractivity contribution >= 4 is 11.7 Å². The van der Waals surface area contributed by atoms with E-state index in [2.05, 4.69) is 0 Å². The Labute approximate surface area is 104 Å². The minimum Gasteiger partial charge on any atom is -0.358 e. The second-order valence-corrected chi connectivity index (χ2v) is 4.42. The lowest BCUT2D eigenvalue weighted by Crippen LogP contribution is -2.40. The third-order valence-corrected chi connectivity index (χ3v) is 3.41. The monoisotopic (exact) mass is 252 g/mol. The van der Waals surface area contributed by atoms with Crippen molar-refractivity contribution in [2.24, 2.45) is 12.8 Å². The first-order valence-electron chi connectivity index (χ1n) is 5.87. The number of likely N-dealkylation sites (tertiary alicyclic amines) is 1. The highest BCUT2D eigenvalue weighted by atomic mass is 16.6. The minimum atomic E-state index is -0.499. The minimum absolute atomic E-state index is 0.0476. The zero-order valence-corrected chi connectivity index (χ0v) is 10.2. The molecule has 98 valence electrons. The van der Waals surface area contributed by atoms with E-state index < -0.39 is 4.92 Å². The predicted octanol–water partition coefficient (Wildman–Crippen LogP) is 0.497. The maximum atomic E-state index is 12.3. The molecule has 0 aromatic carbocycles. The number of carbonyl (C=O) groups is 1. The van der Waals surface area contributed by atoms with Crippen LogP contribution in [0.2, 0.25) is 0 Å². The highest BCUT2D eigenvalue weighted by molar-refractivity contribution is 5.93. The zero-order valence-electron chi connectivity index (χ0n) is 10.2. The van der Waals surface area contributed by atoms with Crippen LogP contribution in [0.5, 0.6) is 0 Å². The van der Waals surface area contributed by atoms with E-state index in [9.17, 15) is 14.9 Å². The van der Waals surface area contributed by atoms with Crippen molar-refractivity contribution in [2.45, 2.75) is 18.9 Å². The van der Waals surface area contributed by atoms with Gasteiger partial charge in [-0.25, -0.2) is 4.57 Å². The molecule has 1 aliphatic rings. The van der Waals surface area contributed by atoms with Crippen LogP contribution in [0.1, 0.15) is 23.3 Å². The molecule has 0 saturated carbocycles. The Morgan fingerprint density at radius 1 is 1.61 bits per heavy atom. The molecule has 1 atom stereocenters. The van der Waals surface area contributed by atoms with Gasteiger partial charge in [0.2, 0.25) is 0 Å². The second-order valence-electron chi connectivity index (χ2n) is 4.42. The van der Waals surface area contributed by atoms with E-state index in [-0.39, 0.29) is 17.8 Å². The van der Waals surface area contributed by atoms with Gasteiger partial charge in [0.15, 0.2) is 5.69 Å². The van der Waals surface area contributed by atoms with Crippen LogP contribution in [0.4, 0.5) is 5.82 Å². The summed E-state index contributed by atoms with van der Waals surface area (Å²) in [6, 6.07) is 2.89. The fraction of sp³-hybridized carbons (Fsp3) is 0.545. The summed E-state index contributed by atoms with van der Waals surface area (Å²) in [5, 5.41) is 10.7. The summed E-state index contributed by atoms with van der Waals surface area (Å²) in [5.41, 5.74) is 5.96. The number of rotatable bonds is 3. The molecular weight excluding hydrogens is 236 g/mol. The van der Waals surface area contributed by atoms with Crippen molar-refractivity contribution in [3.05, 3.63) is 27.9 Å². The van der Waals surface area contributed by atoms with Gasteiger partial charge in [0.25, 0.3) is 5.91 Å². The molecule has 2 N–H and O–H groups in total. The van der Waals surface area contributed by atoms with Crippen LogP contribution < -0.4 is 5.73 Å². The average molecular weight is 252 g/mol. The van der Waals surface area contributed by atoms with Crippen LogP contribution >= 0.6 is 0 Å². The number of hydrogen-bond acceptors (Lipinski definition) is 4. The van der Waals surface area contributed by atoms with Gasteiger partial charge in [-0.1, -0.05) is 0 Å². The molecule has 0 radical (unpaired) electrons. The summed E-state index contributed by atoms with van der Waals surface area (Å²) in [6.07, 6.45) is 1.83. The van der Waals surface area contributed by atoms with Crippen molar-refractivity contribution in [3.63, 3.8) is 0 Å². The summed E-state index contributed by atoms with van der Waals surface area (Å²) in [6.45, 7) is 1.10. The molecule has 1 unspecified atom stereocenters. The van der Waals surface area contributed by atoms with Crippen LogP contribution in [0.25, 0.3) is 0 Å². The summed E-state index contributed by atoms with van der Waals surface area (Å²) in [5.74, 6) is -0.264. The molecule has 1 aliphatic heterocycles. The zero-order chi connectivity index (χ0) is 13.3. The van der Waals surface area contributed by atoms with Crippen LogP contribution in [-0.2, 0) is 7.05 Å². The Bertz CT molecular complexity index is 483.